The topological polar surface area (TPSA) is 35.5 Å². The molecule has 0 spiro atoms. The van der Waals surface area contributed by atoms with Gasteiger partial charge in [-0.15, -0.1) is 0 Å². The molecule has 0 atom stereocenters. The summed E-state index contributed by atoms with van der Waals surface area (Å²) < 4.78 is 9.79. The van der Waals surface area contributed by atoms with Crippen LogP contribution >= 0.6 is 12.9 Å². The molecule has 3 nitrogen and oxygen atoms in total. The van der Waals surface area contributed by atoms with Crippen molar-refractivity contribution < 1.29 is 13.7 Å². The standard InChI is InChI=1S/C10H18O3S/c1-2-12-10(11)9-5-3-8(4-6-9)7-13-14/h8-9,14H,2-7H2,1H3. The lowest BCUT2D eigenvalue weighted by atomic mass is 9.82. The van der Waals surface area contributed by atoms with E-state index in [1.165, 1.54) is 0 Å². The van der Waals surface area contributed by atoms with E-state index in [4.69, 9.17) is 8.92 Å². The lowest BCUT2D eigenvalue weighted by Gasteiger charge is -2.26. The second-order valence-corrected chi connectivity index (χ2v) is 4.02. The highest BCUT2D eigenvalue weighted by Crippen LogP contribution is 2.29. The van der Waals surface area contributed by atoms with E-state index in [0.717, 1.165) is 25.7 Å². The van der Waals surface area contributed by atoms with Crippen LogP contribution in [0.3, 0.4) is 0 Å². The summed E-state index contributed by atoms with van der Waals surface area (Å²) in [4.78, 5) is 11.4. The van der Waals surface area contributed by atoms with Crippen LogP contribution in [0.1, 0.15) is 32.6 Å². The molecule has 0 saturated heterocycles. The number of esters is 1. The molecule has 0 radical (unpaired) electrons. The van der Waals surface area contributed by atoms with E-state index in [0.29, 0.717) is 19.1 Å². The Hall–Kier alpha value is -0.220. The van der Waals surface area contributed by atoms with Crippen molar-refractivity contribution in [2.45, 2.75) is 32.6 Å². The average Bonchev–Trinajstić information content (AvgIpc) is 2.20. The Morgan fingerprint density at radius 1 is 1.36 bits per heavy atom. The second-order valence-electron chi connectivity index (χ2n) is 3.77. The van der Waals surface area contributed by atoms with Gasteiger partial charge in [-0.3, -0.25) is 4.79 Å². The molecule has 0 bridgehead atoms. The minimum absolute atomic E-state index is 0.0299. The number of carbonyl (C=O) groups is 1. The van der Waals surface area contributed by atoms with Crippen LogP contribution in [0.5, 0.6) is 0 Å². The summed E-state index contributed by atoms with van der Waals surface area (Å²) in [6.45, 7) is 3.02. The van der Waals surface area contributed by atoms with Crippen LogP contribution in [-0.4, -0.2) is 19.2 Å². The predicted octanol–water partition coefficient (Wildman–Crippen LogP) is 2.22. The number of hydrogen-bond acceptors (Lipinski definition) is 4. The summed E-state index contributed by atoms with van der Waals surface area (Å²) in [6, 6.07) is 0. The highest BCUT2D eigenvalue weighted by Gasteiger charge is 2.26. The first-order chi connectivity index (χ1) is 6.77. The fourth-order valence-corrected chi connectivity index (χ4v) is 2.14. The van der Waals surface area contributed by atoms with E-state index in [9.17, 15) is 4.79 Å². The van der Waals surface area contributed by atoms with Crippen LogP contribution in [0.15, 0.2) is 0 Å². The molecule has 0 aromatic rings. The molecule has 0 aromatic carbocycles. The van der Waals surface area contributed by atoms with Gasteiger partial charge in [-0.25, -0.2) is 0 Å². The first-order valence-electron chi connectivity index (χ1n) is 5.21. The average molecular weight is 218 g/mol. The molecule has 0 aromatic heterocycles. The van der Waals surface area contributed by atoms with Crippen LogP contribution in [0.25, 0.3) is 0 Å². The van der Waals surface area contributed by atoms with Gasteiger partial charge in [0.15, 0.2) is 0 Å². The monoisotopic (exact) mass is 218 g/mol. The van der Waals surface area contributed by atoms with Gasteiger partial charge in [-0.2, -0.15) is 0 Å². The summed E-state index contributed by atoms with van der Waals surface area (Å²) in [6.07, 6.45) is 3.95. The largest absolute Gasteiger partial charge is 0.466 e. The summed E-state index contributed by atoms with van der Waals surface area (Å²) in [5.41, 5.74) is 0. The molecule has 0 heterocycles. The third-order valence-corrected chi connectivity index (χ3v) is 2.93. The third-order valence-electron chi connectivity index (χ3n) is 2.78. The zero-order valence-electron chi connectivity index (χ0n) is 8.57. The zero-order valence-corrected chi connectivity index (χ0v) is 9.46. The Kier molecular flexibility index (Phi) is 5.33. The van der Waals surface area contributed by atoms with E-state index < -0.39 is 0 Å². The van der Waals surface area contributed by atoms with E-state index in [1.54, 1.807) is 0 Å². The van der Waals surface area contributed by atoms with Crippen molar-refractivity contribution in [2.75, 3.05) is 13.2 Å². The van der Waals surface area contributed by atoms with Crippen molar-refractivity contribution in [3.8, 4) is 0 Å². The summed E-state index contributed by atoms with van der Waals surface area (Å²) >= 11 is 3.74. The van der Waals surface area contributed by atoms with Crippen LogP contribution in [0, 0.1) is 11.8 Å². The molecule has 1 saturated carbocycles. The molecular weight excluding hydrogens is 200 g/mol. The normalized spacial score (nSPS) is 27.3. The van der Waals surface area contributed by atoms with Crippen molar-refractivity contribution in [1.29, 1.82) is 0 Å². The van der Waals surface area contributed by atoms with Gasteiger partial charge in [-0.05, 0) is 51.4 Å². The second kappa shape index (κ2) is 6.30. The Labute approximate surface area is 90.8 Å². The Bertz CT molecular complexity index is 176. The highest BCUT2D eigenvalue weighted by atomic mass is 32.1. The van der Waals surface area contributed by atoms with Crippen LogP contribution in [0.2, 0.25) is 0 Å². The molecule has 1 fully saturated rings. The summed E-state index contributed by atoms with van der Waals surface area (Å²) in [5.74, 6) is 0.655. The van der Waals surface area contributed by atoms with E-state index in [-0.39, 0.29) is 11.9 Å². The van der Waals surface area contributed by atoms with Gasteiger partial charge in [-0.1, -0.05) is 0 Å². The minimum Gasteiger partial charge on any atom is -0.466 e. The van der Waals surface area contributed by atoms with Gasteiger partial charge in [0.05, 0.1) is 19.1 Å². The SMILES string of the molecule is CCOC(=O)C1CCC(COS)CC1. The van der Waals surface area contributed by atoms with Crippen molar-refractivity contribution in [1.82, 2.24) is 0 Å². The Balaban J connectivity index is 2.24. The molecule has 1 aliphatic carbocycles. The van der Waals surface area contributed by atoms with E-state index >= 15 is 0 Å². The first-order valence-corrected chi connectivity index (χ1v) is 5.57. The van der Waals surface area contributed by atoms with Gasteiger partial charge in [0.25, 0.3) is 0 Å². The van der Waals surface area contributed by atoms with Crippen molar-refractivity contribution >= 4 is 18.9 Å². The van der Waals surface area contributed by atoms with Gasteiger partial charge >= 0.3 is 5.97 Å². The molecule has 1 aliphatic rings. The smallest absolute Gasteiger partial charge is 0.308 e. The molecule has 0 N–H and O–H groups in total. The highest BCUT2D eigenvalue weighted by molar-refractivity contribution is 7.75. The number of rotatable bonds is 4. The molecule has 0 aliphatic heterocycles. The van der Waals surface area contributed by atoms with E-state index in [1.807, 2.05) is 6.92 Å². The number of hydrogen-bond donors (Lipinski definition) is 1. The lowest BCUT2D eigenvalue weighted by Crippen LogP contribution is -2.25. The fourth-order valence-electron chi connectivity index (χ4n) is 1.93. The molecular formula is C10H18O3S. The maximum atomic E-state index is 11.4. The number of thiol groups is 1. The molecule has 1 rings (SSSR count). The quantitative estimate of drug-likeness (QED) is 0.446. The first kappa shape index (κ1) is 11.9. The minimum atomic E-state index is -0.0299. The van der Waals surface area contributed by atoms with Gasteiger partial charge < -0.3 is 8.92 Å². The number of ether oxygens (including phenoxy) is 1. The third kappa shape index (κ3) is 3.50. The maximum absolute atomic E-state index is 11.4. The van der Waals surface area contributed by atoms with E-state index in [2.05, 4.69) is 12.9 Å². The maximum Gasteiger partial charge on any atom is 0.308 e. The molecule has 82 valence electrons. The van der Waals surface area contributed by atoms with Crippen LogP contribution in [-0.2, 0) is 13.7 Å². The Morgan fingerprint density at radius 3 is 2.50 bits per heavy atom. The number of carbonyl (C=O) groups excluding carboxylic acids is 1. The summed E-state index contributed by atoms with van der Waals surface area (Å²) in [5, 5.41) is 0. The Morgan fingerprint density at radius 2 is 2.00 bits per heavy atom. The van der Waals surface area contributed by atoms with Gasteiger partial charge in [0, 0.05) is 0 Å². The van der Waals surface area contributed by atoms with Crippen LogP contribution in [0.4, 0.5) is 0 Å². The van der Waals surface area contributed by atoms with Gasteiger partial charge in [0.2, 0.25) is 0 Å². The molecule has 4 heteroatoms. The van der Waals surface area contributed by atoms with Crippen molar-refractivity contribution in [3.05, 3.63) is 0 Å². The van der Waals surface area contributed by atoms with Crippen molar-refractivity contribution in [3.63, 3.8) is 0 Å². The summed E-state index contributed by atoms with van der Waals surface area (Å²) in [7, 11) is 0. The zero-order chi connectivity index (χ0) is 10.4. The van der Waals surface area contributed by atoms with Crippen LogP contribution < -0.4 is 0 Å². The molecule has 0 amide bonds. The van der Waals surface area contributed by atoms with Gasteiger partial charge in [0.1, 0.15) is 0 Å². The molecule has 0 unspecified atom stereocenters. The fraction of sp³-hybridized carbons (Fsp3) is 0.900. The van der Waals surface area contributed by atoms with Crippen molar-refractivity contribution in [2.24, 2.45) is 11.8 Å². The lowest BCUT2D eigenvalue weighted by molar-refractivity contribution is -0.149. The molecule has 14 heavy (non-hydrogen) atoms. The predicted molar refractivity (Wildman–Crippen MR) is 57.0 cm³/mol.